The van der Waals surface area contributed by atoms with Crippen LogP contribution in [0.3, 0.4) is 0 Å². The van der Waals surface area contributed by atoms with Crippen LogP contribution in [-0.4, -0.2) is 42.4 Å². The number of Topliss-reactive ketones (excluding diaryl/α,β-unsaturated/α-hetero) is 1. The number of rotatable bonds is 5. The van der Waals surface area contributed by atoms with Gasteiger partial charge in [-0.1, -0.05) is 44.2 Å². The first-order chi connectivity index (χ1) is 14.3. The first-order valence-electron chi connectivity index (χ1n) is 9.97. The van der Waals surface area contributed by atoms with E-state index in [1.54, 1.807) is 37.3 Å². The van der Waals surface area contributed by atoms with Crippen LogP contribution in [0.1, 0.15) is 48.2 Å². The largest absolute Gasteiger partial charge is 0.486 e. The van der Waals surface area contributed by atoms with Crippen molar-refractivity contribution >= 4 is 17.7 Å². The third kappa shape index (κ3) is 3.40. The van der Waals surface area contributed by atoms with E-state index in [1.165, 1.54) is 0 Å². The Bertz CT molecular complexity index is 1010. The second kappa shape index (κ2) is 7.48. The zero-order valence-corrected chi connectivity index (χ0v) is 17.2. The van der Waals surface area contributed by atoms with Gasteiger partial charge in [0.15, 0.2) is 17.3 Å². The van der Waals surface area contributed by atoms with Crippen molar-refractivity contribution in [1.29, 1.82) is 0 Å². The molecule has 7 heteroatoms. The normalized spacial score (nSPS) is 20.5. The predicted octanol–water partition coefficient (Wildman–Crippen LogP) is 3.23. The SMILES string of the molecule is CC(C)c1ccc(C(=O)CN2C(=O)N[C@@](C)(c3ccc4c(c3)OCCO4)C2=O)cc1. The second-order valence-corrected chi connectivity index (χ2v) is 8.00. The van der Waals surface area contributed by atoms with E-state index in [2.05, 4.69) is 19.2 Å². The fraction of sp³-hybridized carbons (Fsp3) is 0.348. The summed E-state index contributed by atoms with van der Waals surface area (Å²) in [5.41, 5.74) is 0.872. The molecule has 1 N–H and O–H groups in total. The fourth-order valence-corrected chi connectivity index (χ4v) is 3.68. The van der Waals surface area contributed by atoms with E-state index in [4.69, 9.17) is 9.47 Å². The number of amides is 3. The number of hydrogen-bond acceptors (Lipinski definition) is 5. The smallest absolute Gasteiger partial charge is 0.325 e. The minimum Gasteiger partial charge on any atom is -0.486 e. The van der Waals surface area contributed by atoms with Crippen molar-refractivity contribution in [1.82, 2.24) is 10.2 Å². The number of carbonyl (C=O) groups excluding carboxylic acids is 3. The maximum absolute atomic E-state index is 13.1. The molecule has 7 nitrogen and oxygen atoms in total. The molecule has 2 heterocycles. The third-order valence-electron chi connectivity index (χ3n) is 5.60. The maximum atomic E-state index is 13.1. The van der Waals surface area contributed by atoms with Crippen molar-refractivity contribution in [2.75, 3.05) is 19.8 Å². The Labute approximate surface area is 175 Å². The average Bonchev–Trinajstić information content (AvgIpc) is 2.97. The summed E-state index contributed by atoms with van der Waals surface area (Å²) in [5.74, 6) is 0.715. The van der Waals surface area contributed by atoms with Crippen molar-refractivity contribution in [2.45, 2.75) is 32.2 Å². The standard InChI is InChI=1S/C23H24N2O5/c1-14(2)15-4-6-16(7-5-15)18(26)13-25-21(27)23(3,24-22(25)28)17-8-9-19-20(12-17)30-11-10-29-19/h4-9,12,14H,10-11,13H2,1-3H3,(H,24,28)/t23-/m0/s1. The van der Waals surface area contributed by atoms with Crippen LogP contribution < -0.4 is 14.8 Å². The summed E-state index contributed by atoms with van der Waals surface area (Å²) in [4.78, 5) is 39.4. The van der Waals surface area contributed by atoms with Crippen LogP contribution in [0.4, 0.5) is 4.79 Å². The Balaban J connectivity index is 1.54. The number of hydrogen-bond donors (Lipinski definition) is 1. The number of imide groups is 1. The number of urea groups is 1. The lowest BCUT2D eigenvalue weighted by molar-refractivity contribution is -0.130. The van der Waals surface area contributed by atoms with Crippen LogP contribution in [0.15, 0.2) is 42.5 Å². The molecule has 1 saturated heterocycles. The molecule has 156 valence electrons. The van der Waals surface area contributed by atoms with Crippen LogP contribution >= 0.6 is 0 Å². The molecular formula is C23H24N2O5. The van der Waals surface area contributed by atoms with Gasteiger partial charge in [0.25, 0.3) is 5.91 Å². The molecule has 0 aliphatic carbocycles. The quantitative estimate of drug-likeness (QED) is 0.607. The number of benzene rings is 2. The van der Waals surface area contributed by atoms with Gasteiger partial charge in [-0.2, -0.15) is 0 Å². The lowest BCUT2D eigenvalue weighted by Gasteiger charge is -2.25. The van der Waals surface area contributed by atoms with Gasteiger partial charge in [-0.25, -0.2) is 4.79 Å². The summed E-state index contributed by atoms with van der Waals surface area (Å²) in [6.07, 6.45) is 0. The van der Waals surface area contributed by atoms with Gasteiger partial charge in [-0.3, -0.25) is 14.5 Å². The molecule has 2 aliphatic heterocycles. The zero-order valence-electron chi connectivity index (χ0n) is 17.2. The van der Waals surface area contributed by atoms with Gasteiger partial charge in [-0.05, 0) is 36.1 Å². The zero-order chi connectivity index (χ0) is 21.5. The molecule has 2 aromatic rings. The molecule has 2 aromatic carbocycles. The summed E-state index contributed by atoms with van der Waals surface area (Å²) in [6, 6.07) is 11.8. The number of carbonyl (C=O) groups is 3. The Morgan fingerprint density at radius 3 is 2.40 bits per heavy atom. The molecule has 4 rings (SSSR count). The molecular weight excluding hydrogens is 384 g/mol. The van der Waals surface area contributed by atoms with E-state index in [0.717, 1.165) is 10.5 Å². The van der Waals surface area contributed by atoms with Crippen molar-refractivity contribution in [3.8, 4) is 11.5 Å². The molecule has 0 aromatic heterocycles. The summed E-state index contributed by atoms with van der Waals surface area (Å²) in [6.45, 7) is 6.34. The summed E-state index contributed by atoms with van der Waals surface area (Å²) < 4.78 is 11.1. The summed E-state index contributed by atoms with van der Waals surface area (Å²) in [5, 5.41) is 2.72. The van der Waals surface area contributed by atoms with Gasteiger partial charge < -0.3 is 14.8 Å². The van der Waals surface area contributed by atoms with E-state index in [0.29, 0.717) is 41.8 Å². The molecule has 0 unspecified atom stereocenters. The number of ether oxygens (including phenoxy) is 2. The average molecular weight is 408 g/mol. The van der Waals surface area contributed by atoms with E-state index >= 15 is 0 Å². The van der Waals surface area contributed by atoms with Crippen molar-refractivity contribution < 1.29 is 23.9 Å². The molecule has 0 spiro atoms. The van der Waals surface area contributed by atoms with Crippen LogP contribution in [0.2, 0.25) is 0 Å². The van der Waals surface area contributed by atoms with Crippen LogP contribution in [0.25, 0.3) is 0 Å². The van der Waals surface area contributed by atoms with Crippen LogP contribution in [0.5, 0.6) is 11.5 Å². The first kappa shape index (κ1) is 19.9. The van der Waals surface area contributed by atoms with Crippen LogP contribution in [0, 0.1) is 0 Å². The van der Waals surface area contributed by atoms with Crippen LogP contribution in [-0.2, 0) is 10.3 Å². The molecule has 30 heavy (non-hydrogen) atoms. The summed E-state index contributed by atoms with van der Waals surface area (Å²) in [7, 11) is 0. The molecule has 2 aliphatic rings. The third-order valence-corrected chi connectivity index (χ3v) is 5.60. The predicted molar refractivity (Wildman–Crippen MR) is 110 cm³/mol. The van der Waals surface area contributed by atoms with E-state index in [-0.39, 0.29) is 12.3 Å². The minimum atomic E-state index is -1.28. The van der Waals surface area contributed by atoms with Gasteiger partial charge in [-0.15, -0.1) is 0 Å². The first-order valence-corrected chi connectivity index (χ1v) is 9.97. The van der Waals surface area contributed by atoms with Gasteiger partial charge in [0.05, 0.1) is 6.54 Å². The Kier molecular flexibility index (Phi) is 4.97. The molecule has 0 radical (unpaired) electrons. The topological polar surface area (TPSA) is 84.9 Å². The number of nitrogens with one attached hydrogen (secondary N) is 1. The monoisotopic (exact) mass is 408 g/mol. The Hall–Kier alpha value is -3.35. The minimum absolute atomic E-state index is 0.291. The van der Waals surface area contributed by atoms with E-state index in [1.807, 2.05) is 12.1 Å². The highest BCUT2D eigenvalue weighted by Gasteiger charge is 2.49. The maximum Gasteiger partial charge on any atom is 0.325 e. The molecule has 1 fully saturated rings. The highest BCUT2D eigenvalue weighted by atomic mass is 16.6. The van der Waals surface area contributed by atoms with Crippen molar-refractivity contribution in [3.63, 3.8) is 0 Å². The van der Waals surface area contributed by atoms with Gasteiger partial charge in [0.1, 0.15) is 18.8 Å². The number of ketones is 1. The Morgan fingerprint density at radius 1 is 1.07 bits per heavy atom. The highest BCUT2D eigenvalue weighted by Crippen LogP contribution is 2.36. The molecule has 0 bridgehead atoms. The van der Waals surface area contributed by atoms with Gasteiger partial charge >= 0.3 is 6.03 Å². The van der Waals surface area contributed by atoms with Crippen molar-refractivity contribution in [2.24, 2.45) is 0 Å². The van der Waals surface area contributed by atoms with E-state index in [9.17, 15) is 14.4 Å². The van der Waals surface area contributed by atoms with Gasteiger partial charge in [0.2, 0.25) is 0 Å². The second-order valence-electron chi connectivity index (χ2n) is 8.00. The van der Waals surface area contributed by atoms with Gasteiger partial charge in [0, 0.05) is 5.56 Å². The lowest BCUT2D eigenvalue weighted by atomic mass is 9.91. The highest BCUT2D eigenvalue weighted by molar-refractivity contribution is 6.11. The molecule has 1 atom stereocenters. The Morgan fingerprint density at radius 2 is 1.73 bits per heavy atom. The molecule has 0 saturated carbocycles. The van der Waals surface area contributed by atoms with Crippen molar-refractivity contribution in [3.05, 3.63) is 59.2 Å². The lowest BCUT2D eigenvalue weighted by Crippen LogP contribution is -2.41. The van der Waals surface area contributed by atoms with E-state index < -0.39 is 17.5 Å². The number of fused-ring (bicyclic) bond motifs is 1. The molecule has 3 amide bonds. The fourth-order valence-electron chi connectivity index (χ4n) is 3.68. The summed E-state index contributed by atoms with van der Waals surface area (Å²) >= 11 is 0. The number of nitrogens with zero attached hydrogens (tertiary/aromatic N) is 1.